The number of benzene rings is 2. The van der Waals surface area contributed by atoms with E-state index in [0.717, 1.165) is 21.2 Å². The van der Waals surface area contributed by atoms with Crippen LogP contribution in [0.2, 0.25) is 5.02 Å². The van der Waals surface area contributed by atoms with Gasteiger partial charge in [0.25, 0.3) is 0 Å². The van der Waals surface area contributed by atoms with Gasteiger partial charge < -0.3 is 0 Å². The second-order valence-electron chi connectivity index (χ2n) is 4.21. The Balaban J connectivity index is 2.23. The Hall–Kier alpha value is -0.310. The minimum absolute atomic E-state index is 0.396. The predicted molar refractivity (Wildman–Crippen MR) is 85.8 cm³/mol. The second-order valence-corrected chi connectivity index (χ2v) is 6.18. The van der Waals surface area contributed by atoms with Crippen LogP contribution in [0.5, 0.6) is 0 Å². The molecule has 0 aliphatic heterocycles. The molecular weight excluding hydrogens is 375 g/mol. The van der Waals surface area contributed by atoms with Crippen LogP contribution in [0.3, 0.4) is 0 Å². The molecular formula is C15H13Br2Cl. The van der Waals surface area contributed by atoms with Crippen molar-refractivity contribution in [2.75, 3.05) is 5.33 Å². The van der Waals surface area contributed by atoms with Crippen molar-refractivity contribution in [3.63, 3.8) is 0 Å². The molecule has 0 amide bonds. The molecule has 0 spiro atoms. The Kier molecular flexibility index (Phi) is 5.28. The van der Waals surface area contributed by atoms with Crippen LogP contribution in [0.15, 0.2) is 53.0 Å². The molecule has 2 rings (SSSR count). The molecule has 0 radical (unpaired) electrons. The molecule has 1 unspecified atom stereocenters. The average molecular weight is 389 g/mol. The molecule has 2 aromatic rings. The highest BCUT2D eigenvalue weighted by Crippen LogP contribution is 2.29. The van der Waals surface area contributed by atoms with Crippen LogP contribution in [-0.4, -0.2) is 5.33 Å². The normalized spacial score (nSPS) is 12.4. The highest BCUT2D eigenvalue weighted by atomic mass is 79.9. The first-order valence-electron chi connectivity index (χ1n) is 5.75. The van der Waals surface area contributed by atoms with Crippen molar-refractivity contribution in [1.82, 2.24) is 0 Å². The van der Waals surface area contributed by atoms with E-state index in [1.54, 1.807) is 0 Å². The van der Waals surface area contributed by atoms with Gasteiger partial charge in [-0.05, 0) is 41.7 Å². The Morgan fingerprint density at radius 3 is 2.50 bits per heavy atom. The second kappa shape index (κ2) is 6.74. The molecule has 0 bridgehead atoms. The first-order chi connectivity index (χ1) is 8.70. The van der Waals surface area contributed by atoms with Crippen molar-refractivity contribution in [2.24, 2.45) is 0 Å². The van der Waals surface area contributed by atoms with Crippen LogP contribution < -0.4 is 0 Å². The number of halogens is 3. The lowest BCUT2D eigenvalue weighted by atomic mass is 9.94. The van der Waals surface area contributed by atoms with Crippen molar-refractivity contribution in [2.45, 2.75) is 12.3 Å². The van der Waals surface area contributed by atoms with Crippen LogP contribution in [0.25, 0.3) is 0 Å². The fraction of sp³-hybridized carbons (Fsp3) is 0.200. The molecule has 0 fully saturated rings. The third-order valence-corrected chi connectivity index (χ3v) is 4.52. The maximum Gasteiger partial charge on any atom is 0.0441 e. The van der Waals surface area contributed by atoms with Crippen LogP contribution in [0.4, 0.5) is 0 Å². The van der Waals surface area contributed by atoms with Gasteiger partial charge in [-0.2, -0.15) is 0 Å². The largest absolute Gasteiger partial charge is 0.0921 e. The van der Waals surface area contributed by atoms with Gasteiger partial charge in [-0.3, -0.25) is 0 Å². The summed E-state index contributed by atoms with van der Waals surface area (Å²) < 4.78 is 1.12. The molecule has 0 N–H and O–H groups in total. The number of rotatable bonds is 4. The molecule has 0 aliphatic rings. The molecule has 0 aromatic heterocycles. The predicted octanol–water partition coefficient (Wildman–Crippen LogP) is 5.82. The molecule has 18 heavy (non-hydrogen) atoms. The van der Waals surface area contributed by atoms with Crippen molar-refractivity contribution in [3.8, 4) is 0 Å². The van der Waals surface area contributed by atoms with Crippen molar-refractivity contribution >= 4 is 43.5 Å². The zero-order valence-corrected chi connectivity index (χ0v) is 13.7. The van der Waals surface area contributed by atoms with Crippen molar-refractivity contribution in [1.29, 1.82) is 0 Å². The van der Waals surface area contributed by atoms with Gasteiger partial charge in [-0.25, -0.2) is 0 Å². The van der Waals surface area contributed by atoms with Crippen LogP contribution in [0.1, 0.15) is 17.0 Å². The summed E-state index contributed by atoms with van der Waals surface area (Å²) >= 11 is 13.4. The van der Waals surface area contributed by atoms with E-state index < -0.39 is 0 Å². The molecule has 0 aliphatic carbocycles. The summed E-state index contributed by atoms with van der Waals surface area (Å²) in [4.78, 5) is 0. The standard InChI is InChI=1S/C15H13Br2Cl/c16-10-12(14-6-1-2-7-15(14)18)8-11-4-3-5-13(17)9-11/h1-7,9,12H,8,10H2. The lowest BCUT2D eigenvalue weighted by Gasteiger charge is -2.16. The molecule has 0 heterocycles. The number of hydrogen-bond acceptors (Lipinski definition) is 0. The summed E-state index contributed by atoms with van der Waals surface area (Å²) in [5.41, 5.74) is 2.52. The van der Waals surface area contributed by atoms with E-state index in [4.69, 9.17) is 11.6 Å². The monoisotopic (exact) mass is 386 g/mol. The molecule has 2 aromatic carbocycles. The first-order valence-corrected chi connectivity index (χ1v) is 8.05. The Labute approximate surface area is 130 Å². The third-order valence-electron chi connectivity index (χ3n) is 2.90. The van der Waals surface area contributed by atoms with E-state index >= 15 is 0 Å². The van der Waals surface area contributed by atoms with Gasteiger partial charge in [0.1, 0.15) is 0 Å². The number of hydrogen-bond donors (Lipinski definition) is 0. The molecule has 1 atom stereocenters. The highest BCUT2D eigenvalue weighted by Gasteiger charge is 2.14. The van der Waals surface area contributed by atoms with Gasteiger partial charge in [-0.1, -0.05) is 73.8 Å². The van der Waals surface area contributed by atoms with E-state index in [2.05, 4.69) is 56.1 Å². The van der Waals surface area contributed by atoms with E-state index in [9.17, 15) is 0 Å². The zero-order valence-electron chi connectivity index (χ0n) is 9.74. The summed E-state index contributed by atoms with van der Waals surface area (Å²) in [5.74, 6) is 0.396. The third kappa shape index (κ3) is 3.59. The van der Waals surface area contributed by atoms with Gasteiger partial charge in [-0.15, -0.1) is 0 Å². The van der Waals surface area contributed by atoms with E-state index in [0.29, 0.717) is 5.92 Å². The van der Waals surface area contributed by atoms with Gasteiger partial charge in [0.05, 0.1) is 0 Å². The lowest BCUT2D eigenvalue weighted by Crippen LogP contribution is -2.05. The van der Waals surface area contributed by atoms with E-state index in [1.165, 1.54) is 11.1 Å². The zero-order chi connectivity index (χ0) is 13.0. The Morgan fingerprint density at radius 2 is 1.83 bits per heavy atom. The topological polar surface area (TPSA) is 0 Å². The van der Waals surface area contributed by atoms with Crippen LogP contribution in [-0.2, 0) is 6.42 Å². The van der Waals surface area contributed by atoms with Crippen molar-refractivity contribution in [3.05, 3.63) is 69.2 Å². The van der Waals surface area contributed by atoms with Gasteiger partial charge >= 0.3 is 0 Å². The average Bonchev–Trinajstić information content (AvgIpc) is 2.37. The molecule has 3 heteroatoms. The Bertz CT molecular complexity index is 525. The maximum absolute atomic E-state index is 6.27. The lowest BCUT2D eigenvalue weighted by molar-refractivity contribution is 0.775. The highest BCUT2D eigenvalue weighted by molar-refractivity contribution is 9.10. The SMILES string of the molecule is Clc1ccccc1C(CBr)Cc1cccc(Br)c1. The van der Waals surface area contributed by atoms with Gasteiger partial charge in [0, 0.05) is 14.8 Å². The molecule has 94 valence electrons. The summed E-state index contributed by atoms with van der Waals surface area (Å²) in [6.45, 7) is 0. The minimum atomic E-state index is 0.396. The van der Waals surface area contributed by atoms with Gasteiger partial charge in [0.2, 0.25) is 0 Å². The van der Waals surface area contributed by atoms with Crippen LogP contribution in [0, 0.1) is 0 Å². The Morgan fingerprint density at radius 1 is 1.06 bits per heavy atom. The van der Waals surface area contributed by atoms with Crippen LogP contribution >= 0.6 is 43.5 Å². The fourth-order valence-corrected chi connectivity index (χ4v) is 3.32. The van der Waals surface area contributed by atoms with Gasteiger partial charge in [0.15, 0.2) is 0 Å². The quantitative estimate of drug-likeness (QED) is 0.579. The van der Waals surface area contributed by atoms with E-state index in [1.807, 2.05) is 24.3 Å². The minimum Gasteiger partial charge on any atom is -0.0921 e. The summed E-state index contributed by atoms with van der Waals surface area (Å²) in [6.07, 6.45) is 0.981. The first kappa shape index (κ1) is 14.1. The van der Waals surface area contributed by atoms with Crippen molar-refractivity contribution < 1.29 is 0 Å². The molecule has 0 saturated heterocycles. The van der Waals surface area contributed by atoms with E-state index in [-0.39, 0.29) is 0 Å². The maximum atomic E-state index is 6.27. The molecule has 0 saturated carbocycles. The smallest absolute Gasteiger partial charge is 0.0441 e. The summed E-state index contributed by atoms with van der Waals surface area (Å²) in [6, 6.07) is 16.5. The summed E-state index contributed by atoms with van der Waals surface area (Å²) in [5, 5.41) is 1.75. The number of alkyl halides is 1. The summed E-state index contributed by atoms with van der Waals surface area (Å²) in [7, 11) is 0. The fourth-order valence-electron chi connectivity index (χ4n) is 2.00. The molecule has 0 nitrogen and oxygen atoms in total.